The SMILES string of the molecule is CCOc1cc(C=NN2C(=O)[C@@H]3[C@H](C2=O)[C@H]2C=C[C@H]3C2)ccc1OC(=O)c1ccc(Cl)cc1. The van der Waals surface area contributed by atoms with Crippen molar-refractivity contribution in [3.8, 4) is 11.5 Å². The maximum atomic E-state index is 12.8. The van der Waals surface area contributed by atoms with Crippen molar-refractivity contribution in [1.82, 2.24) is 5.01 Å². The summed E-state index contributed by atoms with van der Waals surface area (Å²) in [6, 6.07) is 11.3. The Kier molecular flexibility index (Phi) is 5.50. The van der Waals surface area contributed by atoms with E-state index in [4.69, 9.17) is 21.1 Å². The predicted octanol–water partition coefficient (Wildman–Crippen LogP) is 4.10. The van der Waals surface area contributed by atoms with E-state index in [0.29, 0.717) is 28.5 Å². The highest BCUT2D eigenvalue weighted by Gasteiger charge is 2.59. The molecule has 2 aliphatic carbocycles. The van der Waals surface area contributed by atoms with E-state index >= 15 is 0 Å². The van der Waals surface area contributed by atoms with Crippen LogP contribution < -0.4 is 9.47 Å². The first-order valence-corrected chi connectivity index (χ1v) is 11.2. The van der Waals surface area contributed by atoms with Gasteiger partial charge in [-0.2, -0.15) is 10.1 Å². The standard InChI is InChI=1S/C25H21ClN2O5/c1-2-32-20-11-14(3-10-19(20)33-25(31)15-6-8-18(26)9-7-15)13-27-28-23(29)21-16-4-5-17(12-16)22(21)24(28)30/h3-11,13,16-17,21-22H,2,12H2,1H3/t16-,17-,21-,22+/m0/s1. The zero-order chi connectivity index (χ0) is 23.1. The van der Waals surface area contributed by atoms with Gasteiger partial charge in [-0.05, 0) is 73.2 Å². The topological polar surface area (TPSA) is 85.3 Å². The molecule has 1 saturated heterocycles. The van der Waals surface area contributed by atoms with E-state index < -0.39 is 5.97 Å². The molecule has 0 unspecified atom stereocenters. The average Bonchev–Trinajstić information content (AvgIpc) is 3.49. The van der Waals surface area contributed by atoms with Crippen molar-refractivity contribution in [2.45, 2.75) is 13.3 Å². The van der Waals surface area contributed by atoms with Crippen molar-refractivity contribution < 1.29 is 23.9 Å². The Labute approximate surface area is 195 Å². The number of amides is 2. The molecule has 7 nitrogen and oxygen atoms in total. The monoisotopic (exact) mass is 464 g/mol. The van der Waals surface area contributed by atoms with Crippen molar-refractivity contribution in [2.24, 2.45) is 28.8 Å². The molecule has 2 fully saturated rings. The second-order valence-electron chi connectivity index (χ2n) is 8.27. The second kappa shape index (κ2) is 8.48. The Balaban J connectivity index is 1.33. The van der Waals surface area contributed by atoms with Crippen LogP contribution in [0.4, 0.5) is 0 Å². The largest absolute Gasteiger partial charge is 0.490 e. The number of halogens is 1. The first kappa shape index (κ1) is 21.4. The van der Waals surface area contributed by atoms with Crippen LogP contribution in [0.2, 0.25) is 5.02 Å². The molecule has 1 heterocycles. The van der Waals surface area contributed by atoms with E-state index in [1.807, 2.05) is 19.1 Å². The van der Waals surface area contributed by atoms with Gasteiger partial charge < -0.3 is 9.47 Å². The van der Waals surface area contributed by atoms with Crippen LogP contribution in [0, 0.1) is 23.7 Å². The van der Waals surface area contributed by atoms with Gasteiger partial charge in [0.25, 0.3) is 11.8 Å². The number of esters is 1. The van der Waals surface area contributed by atoms with Gasteiger partial charge in [-0.3, -0.25) is 9.59 Å². The third kappa shape index (κ3) is 3.82. The summed E-state index contributed by atoms with van der Waals surface area (Å²) in [5.74, 6) is -0.741. The Morgan fingerprint density at radius 3 is 2.36 bits per heavy atom. The number of nitrogens with zero attached hydrogens (tertiary/aromatic N) is 2. The molecule has 0 spiro atoms. The van der Waals surface area contributed by atoms with Gasteiger partial charge in [0.1, 0.15) is 0 Å². The first-order valence-electron chi connectivity index (χ1n) is 10.8. The lowest BCUT2D eigenvalue weighted by Crippen LogP contribution is -2.28. The molecule has 1 aliphatic heterocycles. The number of fused-ring (bicyclic) bond motifs is 5. The van der Waals surface area contributed by atoms with E-state index in [-0.39, 0.29) is 41.2 Å². The number of ether oxygens (including phenoxy) is 2. The molecule has 3 aliphatic rings. The average molecular weight is 465 g/mol. The molecule has 2 aromatic carbocycles. The van der Waals surface area contributed by atoms with Crippen molar-refractivity contribution in [3.05, 3.63) is 70.8 Å². The molecule has 4 atom stereocenters. The lowest BCUT2D eigenvalue weighted by molar-refractivity contribution is -0.140. The maximum Gasteiger partial charge on any atom is 0.343 e. The first-order chi connectivity index (χ1) is 16.0. The number of hydrogen-bond acceptors (Lipinski definition) is 6. The lowest BCUT2D eigenvalue weighted by Gasteiger charge is -2.13. The number of hydrogen-bond donors (Lipinski definition) is 0. The summed E-state index contributed by atoms with van der Waals surface area (Å²) in [5, 5.41) is 5.71. The Bertz CT molecular complexity index is 1160. The molecule has 1 saturated carbocycles. The molecule has 2 amide bonds. The molecule has 2 bridgehead atoms. The minimum absolute atomic E-state index is 0.135. The molecule has 2 aromatic rings. The molecule has 0 radical (unpaired) electrons. The molecule has 0 aromatic heterocycles. The van der Waals surface area contributed by atoms with Crippen LogP contribution in [0.3, 0.4) is 0 Å². The Morgan fingerprint density at radius 2 is 1.73 bits per heavy atom. The van der Waals surface area contributed by atoms with Crippen molar-refractivity contribution in [3.63, 3.8) is 0 Å². The zero-order valence-corrected chi connectivity index (χ0v) is 18.6. The van der Waals surface area contributed by atoms with Gasteiger partial charge in [-0.25, -0.2) is 4.79 Å². The minimum atomic E-state index is -0.544. The molecular formula is C25H21ClN2O5. The Morgan fingerprint density at radius 1 is 1.06 bits per heavy atom. The highest BCUT2D eigenvalue weighted by Crippen LogP contribution is 2.52. The van der Waals surface area contributed by atoms with E-state index in [9.17, 15) is 14.4 Å². The van der Waals surface area contributed by atoms with Gasteiger partial charge in [0.2, 0.25) is 0 Å². The molecule has 33 heavy (non-hydrogen) atoms. The predicted molar refractivity (Wildman–Crippen MR) is 121 cm³/mol. The van der Waals surface area contributed by atoms with Crippen LogP contribution >= 0.6 is 11.6 Å². The number of imide groups is 1. The summed E-state index contributed by atoms with van der Waals surface area (Å²) in [6.45, 7) is 2.17. The van der Waals surface area contributed by atoms with Crippen molar-refractivity contribution in [1.29, 1.82) is 0 Å². The fraction of sp³-hybridized carbons (Fsp3) is 0.280. The molecule has 168 valence electrons. The van der Waals surface area contributed by atoms with Gasteiger partial charge in [0, 0.05) is 5.02 Å². The van der Waals surface area contributed by atoms with Gasteiger partial charge in [-0.1, -0.05) is 23.8 Å². The van der Waals surface area contributed by atoms with Crippen LogP contribution in [0.5, 0.6) is 11.5 Å². The molecule has 5 rings (SSSR count). The summed E-state index contributed by atoms with van der Waals surface area (Å²) in [6.07, 6.45) is 6.41. The van der Waals surface area contributed by atoms with Crippen molar-refractivity contribution >= 4 is 35.6 Å². The maximum absolute atomic E-state index is 12.8. The summed E-state index contributed by atoms with van der Waals surface area (Å²) in [5.41, 5.74) is 0.955. The summed E-state index contributed by atoms with van der Waals surface area (Å²) < 4.78 is 11.1. The lowest BCUT2D eigenvalue weighted by atomic mass is 9.85. The molecule has 8 heteroatoms. The highest BCUT2D eigenvalue weighted by molar-refractivity contribution is 6.30. The van der Waals surface area contributed by atoms with E-state index in [0.717, 1.165) is 11.4 Å². The van der Waals surface area contributed by atoms with Crippen LogP contribution in [0.25, 0.3) is 0 Å². The van der Waals surface area contributed by atoms with Gasteiger partial charge in [0.15, 0.2) is 11.5 Å². The van der Waals surface area contributed by atoms with Crippen molar-refractivity contribution in [2.75, 3.05) is 6.61 Å². The zero-order valence-electron chi connectivity index (χ0n) is 17.8. The molecule has 0 N–H and O–H groups in total. The van der Waals surface area contributed by atoms with Gasteiger partial charge in [-0.15, -0.1) is 0 Å². The fourth-order valence-electron chi connectivity index (χ4n) is 4.83. The van der Waals surface area contributed by atoms with Gasteiger partial charge >= 0.3 is 5.97 Å². The fourth-order valence-corrected chi connectivity index (χ4v) is 4.95. The Hall–Kier alpha value is -3.45. The highest BCUT2D eigenvalue weighted by atomic mass is 35.5. The minimum Gasteiger partial charge on any atom is -0.490 e. The number of carbonyl (C=O) groups is 3. The van der Waals surface area contributed by atoms with E-state index in [1.165, 1.54) is 6.21 Å². The summed E-state index contributed by atoms with van der Waals surface area (Å²) in [4.78, 5) is 38.0. The van der Waals surface area contributed by atoms with Crippen LogP contribution in [0.15, 0.2) is 59.7 Å². The quantitative estimate of drug-likeness (QED) is 0.211. The third-order valence-electron chi connectivity index (χ3n) is 6.32. The number of benzene rings is 2. The van der Waals surface area contributed by atoms with E-state index in [2.05, 4.69) is 5.10 Å². The number of rotatable bonds is 6. The smallest absolute Gasteiger partial charge is 0.343 e. The summed E-state index contributed by atoms with van der Waals surface area (Å²) >= 11 is 5.87. The van der Waals surface area contributed by atoms with Crippen LogP contribution in [-0.2, 0) is 9.59 Å². The normalized spacial score (nSPS) is 25.2. The second-order valence-corrected chi connectivity index (χ2v) is 8.70. The third-order valence-corrected chi connectivity index (χ3v) is 6.57. The number of allylic oxidation sites excluding steroid dienone is 2. The van der Waals surface area contributed by atoms with E-state index in [1.54, 1.807) is 42.5 Å². The van der Waals surface area contributed by atoms with Crippen LogP contribution in [-0.4, -0.2) is 35.6 Å². The summed E-state index contributed by atoms with van der Waals surface area (Å²) in [7, 11) is 0. The van der Waals surface area contributed by atoms with Crippen LogP contribution in [0.1, 0.15) is 29.3 Å². The van der Waals surface area contributed by atoms with Gasteiger partial charge in [0.05, 0.1) is 30.2 Å². The number of carbonyl (C=O) groups excluding carboxylic acids is 3. The number of hydrazone groups is 1. The molecular weight excluding hydrogens is 444 g/mol.